The highest BCUT2D eigenvalue weighted by Gasteiger charge is 2.39. The highest BCUT2D eigenvalue weighted by Crippen LogP contribution is 2.24. The molecule has 1 aliphatic rings. The van der Waals surface area contributed by atoms with E-state index in [1.165, 1.54) is 0 Å². The van der Waals surface area contributed by atoms with Crippen LogP contribution in [0, 0.1) is 0 Å². The van der Waals surface area contributed by atoms with Gasteiger partial charge >= 0.3 is 0 Å². The Morgan fingerprint density at radius 1 is 1.38 bits per heavy atom. The molecule has 1 fully saturated rings. The first-order valence-electron chi connectivity index (χ1n) is 5.39. The first kappa shape index (κ1) is 14.4. The van der Waals surface area contributed by atoms with Gasteiger partial charge in [-0.3, -0.25) is 0 Å². The lowest BCUT2D eigenvalue weighted by molar-refractivity contribution is -0.0415. The molecule has 96 valence electrons. The lowest BCUT2D eigenvalue weighted by Gasteiger charge is -2.38. The number of sulfonamides is 1. The molecule has 0 aromatic heterocycles. The molecule has 0 radical (unpaired) electrons. The SMILES string of the molecule is CC1CN(S(=O)(=O)C(C)(C)C)CC(CBr)O1. The molecule has 1 heterocycles. The number of nitrogens with zero attached hydrogens (tertiary/aromatic N) is 1. The van der Waals surface area contributed by atoms with Gasteiger partial charge < -0.3 is 4.74 Å². The fourth-order valence-electron chi connectivity index (χ4n) is 1.67. The lowest BCUT2D eigenvalue weighted by atomic mass is 10.3. The summed E-state index contributed by atoms with van der Waals surface area (Å²) < 4.78 is 31.0. The lowest BCUT2D eigenvalue weighted by Crippen LogP contribution is -2.53. The van der Waals surface area contributed by atoms with Gasteiger partial charge in [-0.1, -0.05) is 15.9 Å². The number of alkyl halides is 1. The van der Waals surface area contributed by atoms with E-state index in [0.29, 0.717) is 18.4 Å². The summed E-state index contributed by atoms with van der Waals surface area (Å²) in [5.41, 5.74) is 0. The zero-order valence-electron chi connectivity index (χ0n) is 10.2. The first-order valence-corrected chi connectivity index (χ1v) is 7.95. The summed E-state index contributed by atoms with van der Waals surface area (Å²) in [6, 6.07) is 0. The van der Waals surface area contributed by atoms with Gasteiger partial charge in [0.05, 0.1) is 17.0 Å². The van der Waals surface area contributed by atoms with Gasteiger partial charge in [-0.2, -0.15) is 4.31 Å². The van der Waals surface area contributed by atoms with Crippen LogP contribution in [0.5, 0.6) is 0 Å². The molecule has 2 unspecified atom stereocenters. The van der Waals surface area contributed by atoms with Gasteiger partial charge in [0, 0.05) is 18.4 Å². The predicted octanol–water partition coefficient (Wildman–Crippen LogP) is 1.60. The zero-order valence-corrected chi connectivity index (χ0v) is 12.6. The van der Waals surface area contributed by atoms with Crippen molar-refractivity contribution >= 4 is 26.0 Å². The second-order valence-electron chi connectivity index (χ2n) is 5.16. The highest BCUT2D eigenvalue weighted by atomic mass is 79.9. The Hall–Kier alpha value is 0.350. The zero-order chi connectivity index (χ0) is 12.6. The van der Waals surface area contributed by atoms with Crippen molar-refractivity contribution in [1.82, 2.24) is 4.31 Å². The molecule has 0 amide bonds. The van der Waals surface area contributed by atoms with E-state index in [2.05, 4.69) is 15.9 Å². The number of morpholine rings is 1. The molecule has 1 rings (SSSR count). The fraction of sp³-hybridized carbons (Fsp3) is 1.00. The third-order valence-corrected chi connectivity index (χ3v) is 5.83. The number of ether oxygens (including phenoxy) is 1. The van der Waals surface area contributed by atoms with E-state index in [-0.39, 0.29) is 12.2 Å². The average Bonchev–Trinajstić information content (AvgIpc) is 2.15. The number of halogens is 1. The van der Waals surface area contributed by atoms with Crippen LogP contribution in [0.3, 0.4) is 0 Å². The molecule has 2 atom stereocenters. The summed E-state index contributed by atoms with van der Waals surface area (Å²) in [5, 5.41) is 0.660. The second kappa shape index (κ2) is 4.92. The molecule has 0 saturated carbocycles. The standard InChI is InChI=1S/C10H20BrNO3S/c1-8-6-12(7-9(5-11)15-8)16(13,14)10(2,3)4/h8-9H,5-7H2,1-4H3. The molecule has 1 saturated heterocycles. The largest absolute Gasteiger partial charge is 0.372 e. The minimum absolute atomic E-state index is 0.0478. The van der Waals surface area contributed by atoms with E-state index < -0.39 is 14.8 Å². The Balaban J connectivity index is 2.88. The molecule has 0 aliphatic carbocycles. The molecule has 1 aliphatic heterocycles. The predicted molar refractivity (Wildman–Crippen MR) is 68.4 cm³/mol. The smallest absolute Gasteiger partial charge is 0.219 e. The summed E-state index contributed by atoms with van der Waals surface area (Å²) in [7, 11) is -3.24. The topological polar surface area (TPSA) is 46.6 Å². The fourth-order valence-corrected chi connectivity index (χ4v) is 3.57. The van der Waals surface area contributed by atoms with Crippen LogP contribution in [0.25, 0.3) is 0 Å². The number of rotatable bonds is 2. The van der Waals surface area contributed by atoms with Crippen molar-refractivity contribution in [3.05, 3.63) is 0 Å². The van der Waals surface area contributed by atoms with Crippen molar-refractivity contribution < 1.29 is 13.2 Å². The maximum absolute atomic E-state index is 12.3. The Labute approximate surface area is 107 Å². The summed E-state index contributed by atoms with van der Waals surface area (Å²) in [6.45, 7) is 7.97. The van der Waals surface area contributed by atoms with Crippen LogP contribution in [0.15, 0.2) is 0 Å². The quantitative estimate of drug-likeness (QED) is 0.727. The van der Waals surface area contributed by atoms with Gasteiger partial charge in [0.15, 0.2) is 0 Å². The van der Waals surface area contributed by atoms with Crippen molar-refractivity contribution in [3.8, 4) is 0 Å². The molecule has 6 heteroatoms. The van der Waals surface area contributed by atoms with Crippen molar-refractivity contribution in [1.29, 1.82) is 0 Å². The van der Waals surface area contributed by atoms with E-state index in [4.69, 9.17) is 4.74 Å². The minimum Gasteiger partial charge on any atom is -0.372 e. The van der Waals surface area contributed by atoms with Crippen LogP contribution in [0.2, 0.25) is 0 Å². The van der Waals surface area contributed by atoms with Crippen LogP contribution in [0.1, 0.15) is 27.7 Å². The number of hydrogen-bond donors (Lipinski definition) is 0. The molecule has 0 bridgehead atoms. The highest BCUT2D eigenvalue weighted by molar-refractivity contribution is 9.09. The number of hydrogen-bond acceptors (Lipinski definition) is 3. The Kier molecular flexibility index (Phi) is 4.43. The van der Waals surface area contributed by atoms with E-state index in [1.54, 1.807) is 25.1 Å². The third kappa shape index (κ3) is 2.97. The third-order valence-electron chi connectivity index (χ3n) is 2.58. The van der Waals surface area contributed by atoms with Crippen molar-refractivity contribution in [2.75, 3.05) is 18.4 Å². The van der Waals surface area contributed by atoms with Crippen LogP contribution >= 0.6 is 15.9 Å². The van der Waals surface area contributed by atoms with Crippen molar-refractivity contribution in [3.63, 3.8) is 0 Å². The Bertz CT molecular complexity index is 336. The average molecular weight is 314 g/mol. The Morgan fingerprint density at radius 2 is 1.94 bits per heavy atom. The monoisotopic (exact) mass is 313 g/mol. The van der Waals surface area contributed by atoms with Gasteiger partial charge in [0.1, 0.15) is 0 Å². The van der Waals surface area contributed by atoms with Crippen LogP contribution < -0.4 is 0 Å². The van der Waals surface area contributed by atoms with Crippen LogP contribution in [0.4, 0.5) is 0 Å². The Morgan fingerprint density at radius 3 is 2.38 bits per heavy atom. The normalized spacial score (nSPS) is 29.3. The van der Waals surface area contributed by atoms with Gasteiger partial charge in [-0.25, -0.2) is 8.42 Å². The minimum atomic E-state index is -3.24. The van der Waals surface area contributed by atoms with E-state index in [9.17, 15) is 8.42 Å². The van der Waals surface area contributed by atoms with Gasteiger partial charge in [-0.05, 0) is 27.7 Å². The van der Waals surface area contributed by atoms with E-state index in [1.807, 2.05) is 6.92 Å². The molecule has 16 heavy (non-hydrogen) atoms. The molecule has 0 spiro atoms. The molecular formula is C10H20BrNO3S. The maximum atomic E-state index is 12.3. The molecular weight excluding hydrogens is 294 g/mol. The summed E-state index contributed by atoms with van der Waals surface area (Å²) in [5.74, 6) is 0. The molecule has 4 nitrogen and oxygen atoms in total. The van der Waals surface area contributed by atoms with Crippen LogP contribution in [-0.2, 0) is 14.8 Å². The molecule has 0 N–H and O–H groups in total. The van der Waals surface area contributed by atoms with Gasteiger partial charge in [-0.15, -0.1) is 0 Å². The summed E-state index contributed by atoms with van der Waals surface area (Å²) in [4.78, 5) is 0. The van der Waals surface area contributed by atoms with Crippen molar-refractivity contribution in [2.24, 2.45) is 0 Å². The second-order valence-corrected chi connectivity index (χ2v) is 8.50. The van der Waals surface area contributed by atoms with E-state index >= 15 is 0 Å². The van der Waals surface area contributed by atoms with Crippen molar-refractivity contribution in [2.45, 2.75) is 44.6 Å². The van der Waals surface area contributed by atoms with E-state index in [0.717, 1.165) is 0 Å². The first-order chi connectivity index (χ1) is 7.18. The van der Waals surface area contributed by atoms with Gasteiger partial charge in [0.25, 0.3) is 0 Å². The summed E-state index contributed by atoms with van der Waals surface area (Å²) in [6.07, 6.45) is -0.103. The van der Waals surface area contributed by atoms with Crippen LogP contribution in [-0.4, -0.2) is 48.1 Å². The molecule has 0 aromatic rings. The molecule has 0 aromatic carbocycles. The van der Waals surface area contributed by atoms with Gasteiger partial charge in [0.2, 0.25) is 10.0 Å². The maximum Gasteiger partial charge on any atom is 0.219 e. The summed E-state index contributed by atoms with van der Waals surface area (Å²) >= 11 is 3.34.